The third-order valence-corrected chi connectivity index (χ3v) is 3.29. The van der Waals surface area contributed by atoms with E-state index in [1.54, 1.807) is 0 Å². The molecule has 3 rings (SSSR count). The topological polar surface area (TPSA) is 52.0 Å². The first-order valence-electron chi connectivity index (χ1n) is 6.39. The minimum atomic E-state index is -0.0884. The van der Waals surface area contributed by atoms with Crippen LogP contribution >= 0.6 is 0 Å². The lowest BCUT2D eigenvalue weighted by Crippen LogP contribution is -2.13. The summed E-state index contributed by atoms with van der Waals surface area (Å²) < 4.78 is 5.75. The SMILES string of the molecule is Cc1cccc2oc(CC(N)c3ccccc3)nc12. The number of aryl methyl sites for hydroxylation is 1. The first-order valence-corrected chi connectivity index (χ1v) is 6.39. The predicted molar refractivity (Wildman–Crippen MR) is 75.8 cm³/mol. The van der Waals surface area contributed by atoms with E-state index in [0.717, 1.165) is 22.2 Å². The maximum atomic E-state index is 6.19. The third-order valence-electron chi connectivity index (χ3n) is 3.29. The molecule has 0 amide bonds. The van der Waals surface area contributed by atoms with E-state index < -0.39 is 0 Å². The zero-order valence-electron chi connectivity index (χ0n) is 10.8. The molecule has 3 nitrogen and oxygen atoms in total. The molecule has 0 fully saturated rings. The van der Waals surface area contributed by atoms with Gasteiger partial charge in [0.25, 0.3) is 0 Å². The number of nitrogens with zero attached hydrogens (tertiary/aromatic N) is 1. The Morgan fingerprint density at radius 3 is 2.63 bits per heavy atom. The van der Waals surface area contributed by atoms with Crippen molar-refractivity contribution in [2.75, 3.05) is 0 Å². The van der Waals surface area contributed by atoms with Gasteiger partial charge in [-0.05, 0) is 24.1 Å². The van der Waals surface area contributed by atoms with Gasteiger partial charge in [-0.15, -0.1) is 0 Å². The van der Waals surface area contributed by atoms with E-state index in [1.807, 2.05) is 55.5 Å². The summed E-state index contributed by atoms with van der Waals surface area (Å²) in [5.41, 5.74) is 10.2. The van der Waals surface area contributed by atoms with Gasteiger partial charge < -0.3 is 10.2 Å². The average molecular weight is 252 g/mol. The zero-order chi connectivity index (χ0) is 13.2. The molecule has 0 aliphatic heterocycles. The van der Waals surface area contributed by atoms with Crippen LogP contribution in [0.2, 0.25) is 0 Å². The molecule has 1 atom stereocenters. The van der Waals surface area contributed by atoms with Gasteiger partial charge in [0, 0.05) is 12.5 Å². The van der Waals surface area contributed by atoms with Crippen LogP contribution in [0.4, 0.5) is 0 Å². The highest BCUT2D eigenvalue weighted by Gasteiger charge is 2.12. The second-order valence-electron chi connectivity index (χ2n) is 4.75. The quantitative estimate of drug-likeness (QED) is 0.777. The Hall–Kier alpha value is -2.13. The number of oxazole rings is 1. The summed E-state index contributed by atoms with van der Waals surface area (Å²) in [6.45, 7) is 2.03. The van der Waals surface area contributed by atoms with Crippen molar-refractivity contribution in [2.24, 2.45) is 5.73 Å². The molecule has 0 saturated carbocycles. The lowest BCUT2D eigenvalue weighted by atomic mass is 10.1. The molecule has 0 saturated heterocycles. The van der Waals surface area contributed by atoms with Crippen LogP contribution in [-0.4, -0.2) is 4.98 Å². The smallest absolute Gasteiger partial charge is 0.197 e. The van der Waals surface area contributed by atoms with Gasteiger partial charge in [-0.1, -0.05) is 42.5 Å². The first-order chi connectivity index (χ1) is 9.24. The fourth-order valence-corrected chi connectivity index (χ4v) is 2.23. The van der Waals surface area contributed by atoms with Gasteiger partial charge in [-0.25, -0.2) is 4.98 Å². The van der Waals surface area contributed by atoms with Gasteiger partial charge in [-0.2, -0.15) is 0 Å². The fraction of sp³-hybridized carbons (Fsp3) is 0.188. The summed E-state index contributed by atoms with van der Waals surface area (Å²) in [4.78, 5) is 4.53. The molecule has 0 bridgehead atoms. The highest BCUT2D eigenvalue weighted by molar-refractivity contribution is 5.76. The van der Waals surface area contributed by atoms with Crippen LogP contribution < -0.4 is 5.73 Å². The average Bonchev–Trinajstić information content (AvgIpc) is 2.84. The molecule has 19 heavy (non-hydrogen) atoms. The minimum absolute atomic E-state index is 0.0884. The third kappa shape index (κ3) is 2.37. The molecule has 3 heteroatoms. The normalized spacial score (nSPS) is 12.7. The van der Waals surface area contributed by atoms with E-state index in [2.05, 4.69) is 4.98 Å². The van der Waals surface area contributed by atoms with Crippen molar-refractivity contribution in [3.63, 3.8) is 0 Å². The maximum absolute atomic E-state index is 6.19. The molecule has 0 aliphatic carbocycles. The van der Waals surface area contributed by atoms with E-state index in [4.69, 9.17) is 10.2 Å². The Bertz CT molecular complexity index is 688. The number of fused-ring (bicyclic) bond motifs is 1. The van der Waals surface area contributed by atoms with E-state index in [9.17, 15) is 0 Å². The molecule has 0 spiro atoms. The summed E-state index contributed by atoms with van der Waals surface area (Å²) in [5.74, 6) is 0.695. The second kappa shape index (κ2) is 4.86. The van der Waals surface area contributed by atoms with Crippen molar-refractivity contribution >= 4 is 11.1 Å². The van der Waals surface area contributed by atoms with Crippen LogP contribution in [0, 0.1) is 6.92 Å². The predicted octanol–water partition coefficient (Wildman–Crippen LogP) is 3.38. The highest BCUT2D eigenvalue weighted by atomic mass is 16.3. The standard InChI is InChI=1S/C16H16N2O/c1-11-6-5-9-14-16(11)18-15(19-14)10-13(17)12-7-3-2-4-8-12/h2-9,13H,10,17H2,1H3. The zero-order valence-corrected chi connectivity index (χ0v) is 10.8. The molecule has 0 radical (unpaired) electrons. The van der Waals surface area contributed by atoms with Crippen molar-refractivity contribution < 1.29 is 4.42 Å². The van der Waals surface area contributed by atoms with Crippen LogP contribution in [0.1, 0.15) is 23.1 Å². The van der Waals surface area contributed by atoms with Crippen molar-refractivity contribution in [2.45, 2.75) is 19.4 Å². The molecule has 2 N–H and O–H groups in total. The number of benzene rings is 2. The highest BCUT2D eigenvalue weighted by Crippen LogP contribution is 2.22. The summed E-state index contributed by atoms with van der Waals surface area (Å²) in [6, 6.07) is 15.9. The van der Waals surface area contributed by atoms with Crippen molar-refractivity contribution in [3.8, 4) is 0 Å². The number of para-hydroxylation sites is 1. The largest absolute Gasteiger partial charge is 0.441 e. The molecule has 0 aliphatic rings. The molecular formula is C16H16N2O. The number of rotatable bonds is 3. The summed E-state index contributed by atoms with van der Waals surface area (Å²) in [5, 5.41) is 0. The lowest BCUT2D eigenvalue weighted by Gasteiger charge is -2.08. The first kappa shape index (κ1) is 11.9. The van der Waals surface area contributed by atoms with Crippen LogP contribution in [0.3, 0.4) is 0 Å². The van der Waals surface area contributed by atoms with E-state index in [-0.39, 0.29) is 6.04 Å². The van der Waals surface area contributed by atoms with E-state index in [0.29, 0.717) is 12.3 Å². The molecule has 96 valence electrons. The fourth-order valence-electron chi connectivity index (χ4n) is 2.23. The van der Waals surface area contributed by atoms with Gasteiger partial charge in [0.15, 0.2) is 11.5 Å². The van der Waals surface area contributed by atoms with Gasteiger partial charge in [0.1, 0.15) is 5.52 Å². The van der Waals surface area contributed by atoms with Gasteiger partial charge in [0.2, 0.25) is 0 Å². The van der Waals surface area contributed by atoms with Crippen molar-refractivity contribution in [1.82, 2.24) is 4.98 Å². The molecule has 2 aromatic carbocycles. The molecule has 1 heterocycles. The Labute approximate surface area is 112 Å². The van der Waals surface area contributed by atoms with Crippen LogP contribution in [0.15, 0.2) is 52.9 Å². The number of hydrogen-bond acceptors (Lipinski definition) is 3. The molecular weight excluding hydrogens is 236 g/mol. The lowest BCUT2D eigenvalue weighted by molar-refractivity contribution is 0.502. The Balaban J connectivity index is 1.88. The minimum Gasteiger partial charge on any atom is -0.441 e. The molecule has 1 aromatic heterocycles. The monoisotopic (exact) mass is 252 g/mol. The van der Waals surface area contributed by atoms with E-state index >= 15 is 0 Å². The Morgan fingerprint density at radius 2 is 1.89 bits per heavy atom. The molecule has 1 unspecified atom stereocenters. The van der Waals surface area contributed by atoms with Gasteiger partial charge >= 0.3 is 0 Å². The van der Waals surface area contributed by atoms with Crippen LogP contribution in [0.5, 0.6) is 0 Å². The van der Waals surface area contributed by atoms with Gasteiger partial charge in [-0.3, -0.25) is 0 Å². The second-order valence-corrected chi connectivity index (χ2v) is 4.75. The maximum Gasteiger partial charge on any atom is 0.197 e. The Morgan fingerprint density at radius 1 is 1.11 bits per heavy atom. The number of aromatic nitrogens is 1. The summed E-state index contributed by atoms with van der Waals surface area (Å²) >= 11 is 0. The summed E-state index contributed by atoms with van der Waals surface area (Å²) in [6.07, 6.45) is 0.609. The van der Waals surface area contributed by atoms with E-state index in [1.165, 1.54) is 0 Å². The van der Waals surface area contributed by atoms with Crippen molar-refractivity contribution in [3.05, 3.63) is 65.5 Å². The van der Waals surface area contributed by atoms with Crippen LogP contribution in [-0.2, 0) is 6.42 Å². The molecule has 3 aromatic rings. The van der Waals surface area contributed by atoms with Crippen molar-refractivity contribution in [1.29, 1.82) is 0 Å². The number of nitrogens with two attached hydrogens (primary N) is 1. The number of hydrogen-bond donors (Lipinski definition) is 1. The Kier molecular flexibility index (Phi) is 3.05. The van der Waals surface area contributed by atoms with Crippen LogP contribution in [0.25, 0.3) is 11.1 Å². The summed E-state index contributed by atoms with van der Waals surface area (Å²) in [7, 11) is 0. The van der Waals surface area contributed by atoms with Gasteiger partial charge in [0.05, 0.1) is 0 Å².